The molecule has 4 atom stereocenters. The number of amides is 3. The molecule has 0 aromatic carbocycles. The number of urea groups is 1. The third kappa shape index (κ3) is 11.2. The van der Waals surface area contributed by atoms with Crippen LogP contribution in [0.3, 0.4) is 0 Å². The van der Waals surface area contributed by atoms with Crippen LogP contribution in [0.5, 0.6) is 0 Å². The van der Waals surface area contributed by atoms with Crippen molar-refractivity contribution in [1.82, 2.24) is 31.2 Å². The van der Waals surface area contributed by atoms with Gasteiger partial charge in [-0.2, -0.15) is 39.8 Å². The molecule has 4 rings (SSSR count). The Hall–Kier alpha value is -3.03. The topological polar surface area (TPSA) is 227 Å². The Morgan fingerprint density at radius 2 is 1.60 bits per heavy atom. The number of carboxylic acid groups (broad SMARTS) is 2. The van der Waals surface area contributed by atoms with Gasteiger partial charge in [0.25, 0.3) is 5.91 Å². The largest absolute Gasteiger partial charge is 0.490 e. The highest BCUT2D eigenvalue weighted by molar-refractivity contribution is 7.80. The number of carbonyl (C=O) groups is 4. The zero-order chi connectivity index (χ0) is 32.8. The van der Waals surface area contributed by atoms with E-state index >= 15 is 0 Å². The average Bonchev–Trinajstić information content (AvgIpc) is 3.61. The number of halogens is 6. The van der Waals surface area contributed by atoms with E-state index in [4.69, 9.17) is 29.2 Å². The number of nitrogens with one attached hydrogen (secondary N) is 3. The van der Waals surface area contributed by atoms with Gasteiger partial charge >= 0.3 is 40.7 Å². The van der Waals surface area contributed by atoms with E-state index in [0.717, 1.165) is 32.5 Å². The standard InChI is InChI=1S/C15H26N6O7S.2C2HF3O2/c22-14(18-27-9-10-6-12(7-16-10)20-5-1-4-17-20)13-3-2-11-8-19(13)15(23)21(11)28-29(24,25)26;2*3-2(4,5)1(6)7/h10-13,16-17H,1-9H2,(H,18,22)(H,24,25,26);2*(H,6,7)/t10-,11+,12-,13-;;/m0../s1. The molecule has 6 N–H and O–H groups in total. The van der Waals surface area contributed by atoms with Crippen molar-refractivity contribution in [2.24, 2.45) is 0 Å². The van der Waals surface area contributed by atoms with Crippen LogP contribution in [-0.2, 0) is 33.9 Å². The average molecular weight is 663 g/mol. The Kier molecular flexibility index (Phi) is 12.3. The van der Waals surface area contributed by atoms with Gasteiger partial charge in [-0.25, -0.2) is 24.9 Å². The lowest BCUT2D eigenvalue weighted by Crippen LogP contribution is -2.50. The Bertz CT molecular complexity index is 1100. The number of hydrogen-bond acceptors (Lipinski definition) is 11. The summed E-state index contributed by atoms with van der Waals surface area (Å²) in [5, 5.41) is 20.5. The van der Waals surface area contributed by atoms with Gasteiger partial charge in [-0.3, -0.25) is 19.6 Å². The molecular formula is C19H28F6N6O11S. The molecule has 0 radical (unpaired) electrons. The van der Waals surface area contributed by atoms with Gasteiger partial charge in [-0.1, -0.05) is 0 Å². The van der Waals surface area contributed by atoms with E-state index in [1.807, 2.05) is 0 Å². The van der Waals surface area contributed by atoms with Crippen LogP contribution < -0.4 is 16.2 Å². The molecule has 4 heterocycles. The summed E-state index contributed by atoms with van der Waals surface area (Å²) in [6.07, 6.45) is -7.43. The fourth-order valence-electron chi connectivity index (χ4n) is 4.41. The molecule has 0 aromatic rings. The molecule has 17 nitrogen and oxygen atoms in total. The van der Waals surface area contributed by atoms with E-state index < -0.39 is 58.7 Å². The van der Waals surface area contributed by atoms with Crippen molar-refractivity contribution in [2.45, 2.75) is 62.2 Å². The molecule has 4 saturated heterocycles. The smallest absolute Gasteiger partial charge is 0.475 e. The highest BCUT2D eigenvalue weighted by atomic mass is 32.3. The second-order valence-electron chi connectivity index (χ2n) is 9.34. The third-order valence-corrected chi connectivity index (χ3v) is 6.62. The van der Waals surface area contributed by atoms with Gasteiger partial charge in [0, 0.05) is 38.3 Å². The van der Waals surface area contributed by atoms with Crippen molar-refractivity contribution < 1.29 is 77.8 Å². The molecule has 0 aromatic heterocycles. The predicted molar refractivity (Wildman–Crippen MR) is 124 cm³/mol. The molecule has 24 heteroatoms. The Balaban J connectivity index is 0.000000384. The number of fused-ring (bicyclic) bond motifs is 2. The molecule has 4 aliphatic rings. The maximum absolute atomic E-state index is 12.5. The first-order chi connectivity index (χ1) is 19.7. The lowest BCUT2D eigenvalue weighted by Gasteiger charge is -2.29. The first-order valence-corrected chi connectivity index (χ1v) is 13.6. The third-order valence-electron chi connectivity index (χ3n) is 6.27. The molecule has 3 amide bonds. The van der Waals surface area contributed by atoms with E-state index in [9.17, 15) is 44.3 Å². The normalized spacial score (nSPS) is 25.9. The highest BCUT2D eigenvalue weighted by Gasteiger charge is 2.49. The van der Waals surface area contributed by atoms with Crippen LogP contribution in [0.1, 0.15) is 25.7 Å². The molecule has 0 aliphatic carbocycles. The van der Waals surface area contributed by atoms with Gasteiger partial charge in [-0.05, 0) is 25.7 Å². The van der Waals surface area contributed by atoms with Crippen LogP contribution in [0.4, 0.5) is 31.1 Å². The summed E-state index contributed by atoms with van der Waals surface area (Å²) in [7, 11) is -4.81. The van der Waals surface area contributed by atoms with E-state index in [1.54, 1.807) is 0 Å². The number of carboxylic acids is 2. The van der Waals surface area contributed by atoms with Crippen molar-refractivity contribution in [3.05, 3.63) is 0 Å². The molecule has 4 fully saturated rings. The van der Waals surface area contributed by atoms with Crippen LogP contribution in [0, 0.1) is 0 Å². The maximum atomic E-state index is 12.5. The first-order valence-electron chi connectivity index (χ1n) is 12.2. The van der Waals surface area contributed by atoms with Crippen molar-refractivity contribution in [3.8, 4) is 0 Å². The van der Waals surface area contributed by atoms with Crippen molar-refractivity contribution in [3.63, 3.8) is 0 Å². The number of hydroxylamine groups is 3. The lowest BCUT2D eigenvalue weighted by atomic mass is 10.0. The SMILES string of the molecule is O=C(NOC[C@@H]1C[C@H](N2CCCN2)CN1)[C@@H]1CC[C@@H]2CN1C(=O)N2OS(=O)(=O)O.O=C(O)C(F)(F)F.O=C(O)C(F)(F)F. The molecule has 0 saturated carbocycles. The fraction of sp³-hybridized carbons (Fsp3) is 0.789. The van der Waals surface area contributed by atoms with E-state index in [1.165, 1.54) is 4.90 Å². The van der Waals surface area contributed by atoms with E-state index in [0.29, 0.717) is 30.6 Å². The molecular weight excluding hydrogens is 634 g/mol. The summed E-state index contributed by atoms with van der Waals surface area (Å²) >= 11 is 0. The highest BCUT2D eigenvalue weighted by Crippen LogP contribution is 2.30. The van der Waals surface area contributed by atoms with E-state index in [-0.39, 0.29) is 12.6 Å². The molecule has 248 valence electrons. The van der Waals surface area contributed by atoms with Crippen LogP contribution in [0.25, 0.3) is 0 Å². The second-order valence-corrected chi connectivity index (χ2v) is 10.3. The van der Waals surface area contributed by atoms with Crippen LogP contribution in [0.2, 0.25) is 0 Å². The van der Waals surface area contributed by atoms with Gasteiger partial charge in [0.05, 0.1) is 12.6 Å². The molecule has 0 unspecified atom stereocenters. The number of alkyl halides is 6. The van der Waals surface area contributed by atoms with Gasteiger partial charge in [0.2, 0.25) is 0 Å². The van der Waals surface area contributed by atoms with Crippen LogP contribution in [0.15, 0.2) is 0 Å². The summed E-state index contributed by atoms with van der Waals surface area (Å²) < 4.78 is 98.5. The Morgan fingerprint density at radius 3 is 2.09 bits per heavy atom. The minimum absolute atomic E-state index is 0.116. The van der Waals surface area contributed by atoms with Gasteiger partial charge in [0.15, 0.2) is 0 Å². The Labute approximate surface area is 238 Å². The first kappa shape index (κ1) is 36.2. The number of hydrogen-bond donors (Lipinski definition) is 6. The summed E-state index contributed by atoms with van der Waals surface area (Å²) in [6, 6.07) is -1.58. The summed E-state index contributed by atoms with van der Waals surface area (Å²) in [4.78, 5) is 49.2. The minimum atomic E-state index is -5.08. The van der Waals surface area contributed by atoms with Gasteiger partial charge in [0.1, 0.15) is 6.04 Å². The van der Waals surface area contributed by atoms with Crippen molar-refractivity contribution >= 4 is 34.3 Å². The minimum Gasteiger partial charge on any atom is -0.475 e. The number of hydrazine groups is 1. The van der Waals surface area contributed by atoms with Gasteiger partial charge < -0.3 is 20.4 Å². The quantitative estimate of drug-likeness (QED) is 0.112. The summed E-state index contributed by atoms with van der Waals surface area (Å²) in [5.74, 6) is -5.98. The molecule has 0 spiro atoms. The molecule has 43 heavy (non-hydrogen) atoms. The van der Waals surface area contributed by atoms with Crippen molar-refractivity contribution in [2.75, 3.05) is 32.8 Å². The number of rotatable bonds is 7. The fourth-order valence-corrected chi connectivity index (χ4v) is 4.80. The van der Waals surface area contributed by atoms with E-state index in [2.05, 4.69) is 25.5 Å². The second kappa shape index (κ2) is 14.6. The van der Waals surface area contributed by atoms with Crippen molar-refractivity contribution in [1.29, 1.82) is 0 Å². The monoisotopic (exact) mass is 662 g/mol. The van der Waals surface area contributed by atoms with Crippen LogP contribution >= 0.6 is 0 Å². The number of carbonyl (C=O) groups excluding carboxylic acids is 2. The molecule has 4 aliphatic heterocycles. The predicted octanol–water partition coefficient (Wildman–Crippen LogP) is -0.755. The van der Waals surface area contributed by atoms with Crippen LogP contribution in [-0.4, -0.2) is 131 Å². The zero-order valence-corrected chi connectivity index (χ0v) is 22.6. The summed E-state index contributed by atoms with van der Waals surface area (Å²) in [6.45, 7) is 3.32. The summed E-state index contributed by atoms with van der Waals surface area (Å²) in [5.41, 5.74) is 5.75. The molecule has 2 bridgehead atoms. The number of aliphatic carboxylic acids is 2. The lowest BCUT2D eigenvalue weighted by molar-refractivity contribution is -0.193. The maximum Gasteiger partial charge on any atom is 0.490 e. The number of nitrogens with zero attached hydrogens (tertiary/aromatic N) is 3. The zero-order valence-electron chi connectivity index (χ0n) is 21.8. The Morgan fingerprint density at radius 1 is 1.02 bits per heavy atom. The number of piperidine rings is 1. The van der Waals surface area contributed by atoms with Gasteiger partial charge in [-0.15, -0.1) is 4.28 Å².